The first kappa shape index (κ1) is 28.3. The number of ether oxygens (including phenoxy) is 3. The molecular formula is C28H44O6. The number of aliphatic hydroxyl groups excluding tert-OH is 1. The fourth-order valence-corrected chi connectivity index (χ4v) is 4.22. The summed E-state index contributed by atoms with van der Waals surface area (Å²) in [5.74, 6) is -0.718. The van der Waals surface area contributed by atoms with Gasteiger partial charge in [0, 0.05) is 13.0 Å². The Morgan fingerprint density at radius 2 is 1.50 bits per heavy atom. The molecule has 1 saturated heterocycles. The number of hydrogen-bond donors (Lipinski definition) is 1. The third-order valence-electron chi connectivity index (χ3n) is 6.37. The topological polar surface area (TPSA) is 82.1 Å². The Bertz CT molecular complexity index is 704. The van der Waals surface area contributed by atoms with Gasteiger partial charge in [-0.2, -0.15) is 0 Å². The smallest absolute Gasteiger partial charge is 0.342 e. The summed E-state index contributed by atoms with van der Waals surface area (Å²) in [6.07, 6.45) is 16.0. The van der Waals surface area contributed by atoms with Crippen molar-refractivity contribution in [2.45, 2.75) is 115 Å². The molecule has 0 bridgehead atoms. The van der Waals surface area contributed by atoms with E-state index in [2.05, 4.69) is 6.92 Å². The number of esters is 2. The van der Waals surface area contributed by atoms with Crippen LogP contribution in [0.2, 0.25) is 0 Å². The van der Waals surface area contributed by atoms with E-state index in [0.29, 0.717) is 19.4 Å². The summed E-state index contributed by atoms with van der Waals surface area (Å²) in [6.45, 7) is 2.68. The lowest BCUT2D eigenvalue weighted by atomic mass is 10.0. The molecule has 1 fully saturated rings. The van der Waals surface area contributed by atoms with Crippen LogP contribution in [0, 0.1) is 0 Å². The molecule has 1 heterocycles. The number of unbranched alkanes of at least 4 members (excludes halogenated alkanes) is 12. The van der Waals surface area contributed by atoms with Crippen LogP contribution >= 0.6 is 0 Å². The second-order valence-electron chi connectivity index (χ2n) is 9.33. The Morgan fingerprint density at radius 1 is 0.912 bits per heavy atom. The van der Waals surface area contributed by atoms with Crippen LogP contribution in [0.1, 0.15) is 114 Å². The van der Waals surface area contributed by atoms with Gasteiger partial charge in [-0.3, -0.25) is 4.79 Å². The lowest BCUT2D eigenvalue weighted by molar-refractivity contribution is -0.134. The summed E-state index contributed by atoms with van der Waals surface area (Å²) in [4.78, 5) is 24.7. The first-order valence-corrected chi connectivity index (χ1v) is 13.4. The van der Waals surface area contributed by atoms with Gasteiger partial charge in [-0.1, -0.05) is 96.1 Å². The van der Waals surface area contributed by atoms with Crippen LogP contribution in [0.5, 0.6) is 5.75 Å². The molecule has 1 aliphatic rings. The first-order chi connectivity index (χ1) is 16.6. The number of carbonyl (C=O) groups is 2. The highest BCUT2D eigenvalue weighted by Gasteiger charge is 2.28. The van der Waals surface area contributed by atoms with Crippen molar-refractivity contribution in [1.82, 2.24) is 0 Å². The van der Waals surface area contributed by atoms with Gasteiger partial charge in [0.25, 0.3) is 0 Å². The van der Waals surface area contributed by atoms with E-state index in [-0.39, 0.29) is 23.9 Å². The number of carbonyl (C=O) groups excluding carboxylic acids is 2. The van der Waals surface area contributed by atoms with Crippen molar-refractivity contribution in [3.63, 3.8) is 0 Å². The molecule has 6 heteroatoms. The minimum Gasteiger partial charge on any atom is -0.459 e. The molecule has 0 radical (unpaired) electrons. The lowest BCUT2D eigenvalue weighted by Crippen LogP contribution is -2.28. The van der Waals surface area contributed by atoms with Crippen molar-refractivity contribution in [3.05, 3.63) is 29.8 Å². The van der Waals surface area contributed by atoms with Gasteiger partial charge in [-0.25, -0.2) is 4.79 Å². The third kappa shape index (κ3) is 11.5. The van der Waals surface area contributed by atoms with Crippen LogP contribution in [0.15, 0.2) is 24.3 Å². The molecular weight excluding hydrogens is 432 g/mol. The number of rotatable bonds is 18. The molecule has 2 rings (SSSR count). The minimum absolute atomic E-state index is 0.0265. The van der Waals surface area contributed by atoms with E-state index >= 15 is 0 Å². The zero-order valence-electron chi connectivity index (χ0n) is 21.0. The zero-order valence-corrected chi connectivity index (χ0v) is 21.0. The molecule has 0 aliphatic carbocycles. The van der Waals surface area contributed by atoms with Gasteiger partial charge in [0.05, 0.1) is 6.10 Å². The minimum atomic E-state index is -0.624. The second-order valence-corrected chi connectivity index (χ2v) is 9.33. The van der Waals surface area contributed by atoms with E-state index in [0.717, 1.165) is 19.3 Å². The summed E-state index contributed by atoms with van der Waals surface area (Å²) in [6, 6.07) is 6.58. The van der Waals surface area contributed by atoms with Crippen molar-refractivity contribution in [2.75, 3.05) is 13.2 Å². The molecule has 1 aromatic carbocycles. The number of para-hydroxylation sites is 1. The highest BCUT2D eigenvalue weighted by atomic mass is 16.6. The predicted octanol–water partition coefficient (Wildman–Crippen LogP) is 6.38. The Labute approximate surface area is 205 Å². The number of hydrogen-bond acceptors (Lipinski definition) is 6. The summed E-state index contributed by atoms with van der Waals surface area (Å²) >= 11 is 0. The molecule has 1 aromatic rings. The first-order valence-electron chi connectivity index (χ1n) is 13.4. The summed E-state index contributed by atoms with van der Waals surface area (Å²) in [5, 5.41) is 9.78. The predicted molar refractivity (Wildman–Crippen MR) is 133 cm³/mol. The average molecular weight is 477 g/mol. The number of aliphatic hydroxyl groups is 1. The highest BCUT2D eigenvalue weighted by Crippen LogP contribution is 2.21. The van der Waals surface area contributed by atoms with Gasteiger partial charge < -0.3 is 19.3 Å². The lowest BCUT2D eigenvalue weighted by Gasteiger charge is -2.15. The van der Waals surface area contributed by atoms with Crippen molar-refractivity contribution >= 4 is 11.9 Å². The van der Waals surface area contributed by atoms with Gasteiger partial charge >= 0.3 is 11.9 Å². The summed E-state index contributed by atoms with van der Waals surface area (Å²) in [5.41, 5.74) is 0.203. The standard InChI is InChI=1S/C28H44O6/c1-2-3-4-5-6-7-8-9-10-11-12-13-14-19-27(30)34-25-18-16-15-17-23(25)28(31)33-22-26-24(29)20-21-32-26/h15-18,24,26,29H,2-14,19-22H2,1H3. The zero-order chi connectivity index (χ0) is 24.4. The Hall–Kier alpha value is -1.92. The molecule has 0 aromatic heterocycles. The quantitative estimate of drug-likeness (QED) is 0.150. The fourth-order valence-electron chi connectivity index (χ4n) is 4.22. The molecule has 34 heavy (non-hydrogen) atoms. The van der Waals surface area contributed by atoms with Crippen LogP contribution in [0.25, 0.3) is 0 Å². The van der Waals surface area contributed by atoms with E-state index in [1.54, 1.807) is 24.3 Å². The molecule has 6 nitrogen and oxygen atoms in total. The van der Waals surface area contributed by atoms with Crippen LogP contribution < -0.4 is 4.74 Å². The average Bonchev–Trinajstić information content (AvgIpc) is 3.25. The fraction of sp³-hybridized carbons (Fsp3) is 0.714. The Balaban J connectivity index is 1.55. The van der Waals surface area contributed by atoms with E-state index < -0.39 is 18.2 Å². The molecule has 2 atom stereocenters. The van der Waals surface area contributed by atoms with Crippen molar-refractivity contribution in [2.24, 2.45) is 0 Å². The molecule has 1 N–H and O–H groups in total. The van der Waals surface area contributed by atoms with Gasteiger partial charge in [0.2, 0.25) is 0 Å². The maximum Gasteiger partial charge on any atom is 0.342 e. The van der Waals surface area contributed by atoms with E-state index in [9.17, 15) is 14.7 Å². The van der Waals surface area contributed by atoms with Crippen LogP contribution in [0.4, 0.5) is 0 Å². The second kappa shape index (κ2) is 17.5. The third-order valence-corrected chi connectivity index (χ3v) is 6.37. The van der Waals surface area contributed by atoms with Gasteiger partial charge in [0.1, 0.15) is 24.0 Å². The van der Waals surface area contributed by atoms with Crippen LogP contribution in [-0.4, -0.2) is 42.5 Å². The highest BCUT2D eigenvalue weighted by molar-refractivity contribution is 5.93. The monoisotopic (exact) mass is 476 g/mol. The van der Waals surface area contributed by atoms with Crippen molar-refractivity contribution in [3.8, 4) is 5.75 Å². The van der Waals surface area contributed by atoms with E-state index in [4.69, 9.17) is 14.2 Å². The Morgan fingerprint density at radius 3 is 2.09 bits per heavy atom. The van der Waals surface area contributed by atoms with E-state index in [1.807, 2.05) is 0 Å². The summed E-state index contributed by atoms with van der Waals surface area (Å²) < 4.78 is 16.1. The van der Waals surface area contributed by atoms with Gasteiger partial charge in [-0.15, -0.1) is 0 Å². The van der Waals surface area contributed by atoms with Gasteiger partial charge in [-0.05, 0) is 25.0 Å². The van der Waals surface area contributed by atoms with E-state index in [1.165, 1.54) is 64.2 Å². The van der Waals surface area contributed by atoms with Crippen LogP contribution in [0.3, 0.4) is 0 Å². The molecule has 0 spiro atoms. The molecule has 1 aliphatic heterocycles. The van der Waals surface area contributed by atoms with Crippen LogP contribution in [-0.2, 0) is 14.3 Å². The van der Waals surface area contributed by atoms with Crippen molar-refractivity contribution < 1.29 is 28.9 Å². The SMILES string of the molecule is CCCCCCCCCCCCCCCC(=O)Oc1ccccc1C(=O)OCC1OCCC1O. The summed E-state index contributed by atoms with van der Waals surface area (Å²) in [7, 11) is 0. The normalized spacial score (nSPS) is 17.6. The number of benzene rings is 1. The molecule has 192 valence electrons. The maximum atomic E-state index is 12.4. The van der Waals surface area contributed by atoms with Crippen molar-refractivity contribution in [1.29, 1.82) is 0 Å². The molecule has 0 saturated carbocycles. The molecule has 0 amide bonds. The largest absolute Gasteiger partial charge is 0.459 e. The van der Waals surface area contributed by atoms with Gasteiger partial charge in [0.15, 0.2) is 0 Å². The molecule has 2 unspecified atom stereocenters. The Kier molecular flexibility index (Phi) is 14.6. The maximum absolute atomic E-state index is 12.4.